The van der Waals surface area contributed by atoms with E-state index in [1.54, 1.807) is 31.4 Å². The normalized spacial score (nSPS) is 17.2. The van der Waals surface area contributed by atoms with Crippen molar-refractivity contribution >= 4 is 35.1 Å². The van der Waals surface area contributed by atoms with E-state index in [4.69, 9.17) is 9.73 Å². The average molecular weight is 554 g/mol. The van der Waals surface area contributed by atoms with Gasteiger partial charge in [-0.15, -0.1) is 0 Å². The van der Waals surface area contributed by atoms with E-state index in [0.717, 1.165) is 54.5 Å². The smallest absolute Gasteiger partial charge is 0.409 e. The van der Waals surface area contributed by atoms with Crippen LogP contribution >= 0.6 is 0 Å². The van der Waals surface area contributed by atoms with Crippen LogP contribution in [0.3, 0.4) is 0 Å². The number of ether oxygens (including phenoxy) is 1. The molecule has 0 radical (unpaired) electrons. The minimum Gasteiger partial charge on any atom is -0.445 e. The Morgan fingerprint density at radius 3 is 2.49 bits per heavy atom. The highest BCUT2D eigenvalue weighted by Gasteiger charge is 2.37. The summed E-state index contributed by atoms with van der Waals surface area (Å²) in [6.45, 7) is 1.74. The van der Waals surface area contributed by atoms with Crippen molar-refractivity contribution in [1.82, 2.24) is 10.3 Å². The van der Waals surface area contributed by atoms with Crippen molar-refractivity contribution < 1.29 is 19.1 Å². The van der Waals surface area contributed by atoms with E-state index in [2.05, 4.69) is 10.3 Å². The molecule has 1 aliphatic carbocycles. The lowest BCUT2D eigenvalue weighted by atomic mass is 9.82. The standard InChI is InChI=1S/C32H35N5O4/c1-22-12-11-17-25-28(24-15-7-4-8-16-24)34-30(35-32(40)41-21-23-13-5-3-6-14-23)31(39)37(29(22)25)20-27(38)36(2)26-18-9-10-19-33-26/h3,5-6,9-14,17-19,24,30H,4,7-8,15-16,20-21H2,1-2H3,(H,35,40). The van der Waals surface area contributed by atoms with E-state index < -0.39 is 18.2 Å². The number of hydrogen-bond donors (Lipinski definition) is 1. The topological polar surface area (TPSA) is 104 Å². The number of benzodiazepines with no additional fused rings is 1. The molecule has 1 N–H and O–H groups in total. The van der Waals surface area contributed by atoms with Crippen LogP contribution in [0.4, 0.5) is 16.3 Å². The molecule has 212 valence electrons. The Bertz CT molecular complexity index is 1420. The molecule has 41 heavy (non-hydrogen) atoms. The van der Waals surface area contributed by atoms with Gasteiger partial charge in [0.15, 0.2) is 0 Å². The average Bonchev–Trinajstić information content (AvgIpc) is 3.12. The van der Waals surface area contributed by atoms with Gasteiger partial charge in [-0.3, -0.25) is 29.7 Å². The number of hydrogen-bond acceptors (Lipinski definition) is 6. The number of nitrogens with one attached hydrogen (secondary N) is 1. The van der Waals surface area contributed by atoms with Crippen LogP contribution in [0.5, 0.6) is 0 Å². The van der Waals surface area contributed by atoms with Crippen LogP contribution in [-0.4, -0.2) is 48.4 Å². The van der Waals surface area contributed by atoms with Gasteiger partial charge in [-0.25, -0.2) is 9.78 Å². The summed E-state index contributed by atoms with van der Waals surface area (Å²) in [7, 11) is 1.63. The zero-order valence-electron chi connectivity index (χ0n) is 23.5. The number of nitrogens with zero attached hydrogens (tertiary/aromatic N) is 4. The molecule has 1 aliphatic heterocycles. The van der Waals surface area contributed by atoms with Crippen LogP contribution in [0.2, 0.25) is 0 Å². The van der Waals surface area contributed by atoms with Crippen molar-refractivity contribution in [2.24, 2.45) is 10.9 Å². The molecular weight excluding hydrogens is 518 g/mol. The van der Waals surface area contributed by atoms with Gasteiger partial charge in [0, 0.05) is 24.7 Å². The summed E-state index contributed by atoms with van der Waals surface area (Å²) in [5, 5.41) is 2.69. The fourth-order valence-corrected chi connectivity index (χ4v) is 5.50. The van der Waals surface area contributed by atoms with Crippen LogP contribution in [0, 0.1) is 12.8 Å². The van der Waals surface area contributed by atoms with E-state index in [1.165, 1.54) is 9.80 Å². The van der Waals surface area contributed by atoms with Crippen LogP contribution in [-0.2, 0) is 20.9 Å². The third-order valence-corrected chi connectivity index (χ3v) is 7.67. The number of carbonyl (C=O) groups is 3. The summed E-state index contributed by atoms with van der Waals surface area (Å²) in [5.41, 5.74) is 3.93. The van der Waals surface area contributed by atoms with Gasteiger partial charge < -0.3 is 4.74 Å². The Kier molecular flexibility index (Phi) is 8.72. The van der Waals surface area contributed by atoms with E-state index in [1.807, 2.05) is 55.5 Å². The monoisotopic (exact) mass is 553 g/mol. The third kappa shape index (κ3) is 6.45. The predicted molar refractivity (Wildman–Crippen MR) is 158 cm³/mol. The summed E-state index contributed by atoms with van der Waals surface area (Å²) in [4.78, 5) is 52.6. The third-order valence-electron chi connectivity index (χ3n) is 7.67. The molecular formula is C32H35N5O4. The van der Waals surface area contributed by atoms with Gasteiger partial charge >= 0.3 is 6.09 Å². The highest BCUT2D eigenvalue weighted by atomic mass is 16.5. The first-order valence-electron chi connectivity index (χ1n) is 14.1. The zero-order valence-corrected chi connectivity index (χ0v) is 23.5. The fraction of sp³-hybridized carbons (Fsp3) is 0.344. The van der Waals surface area contributed by atoms with E-state index in [0.29, 0.717) is 11.5 Å². The van der Waals surface area contributed by atoms with Gasteiger partial charge in [0.25, 0.3) is 5.91 Å². The van der Waals surface area contributed by atoms with Crippen LogP contribution in [0.1, 0.15) is 48.8 Å². The molecule has 0 spiro atoms. The van der Waals surface area contributed by atoms with E-state index >= 15 is 0 Å². The number of alkyl carbamates (subject to hydrolysis) is 1. The largest absolute Gasteiger partial charge is 0.445 e. The number of benzene rings is 2. The number of pyridine rings is 1. The second-order valence-corrected chi connectivity index (χ2v) is 10.5. The Hall–Kier alpha value is -4.53. The Morgan fingerprint density at radius 1 is 1.00 bits per heavy atom. The molecule has 1 saturated carbocycles. The molecule has 1 unspecified atom stereocenters. The lowest BCUT2D eigenvalue weighted by Gasteiger charge is -2.29. The van der Waals surface area contributed by atoms with Gasteiger partial charge in [-0.2, -0.15) is 0 Å². The predicted octanol–water partition coefficient (Wildman–Crippen LogP) is 5.02. The summed E-state index contributed by atoms with van der Waals surface area (Å²) in [6.07, 6.45) is 4.84. The number of amides is 3. The lowest BCUT2D eigenvalue weighted by Crippen LogP contribution is -2.50. The number of para-hydroxylation sites is 1. The number of aryl methyl sites for hydroxylation is 1. The van der Waals surface area contributed by atoms with Crippen molar-refractivity contribution in [1.29, 1.82) is 0 Å². The molecule has 2 heterocycles. The van der Waals surface area contributed by atoms with Gasteiger partial charge in [0.1, 0.15) is 19.0 Å². The first kappa shape index (κ1) is 28.0. The Labute approximate surface area is 240 Å². The Morgan fingerprint density at radius 2 is 1.76 bits per heavy atom. The highest BCUT2D eigenvalue weighted by molar-refractivity contribution is 6.16. The van der Waals surface area contributed by atoms with Gasteiger partial charge in [-0.05, 0) is 43.0 Å². The summed E-state index contributed by atoms with van der Waals surface area (Å²) < 4.78 is 5.44. The summed E-state index contributed by atoms with van der Waals surface area (Å²) in [6, 6.07) is 20.5. The maximum atomic E-state index is 14.2. The summed E-state index contributed by atoms with van der Waals surface area (Å²) in [5.74, 6) is -0.194. The van der Waals surface area contributed by atoms with Gasteiger partial charge in [0.05, 0.1) is 11.4 Å². The number of aliphatic imine (C=N–C) groups is 1. The van der Waals surface area contributed by atoms with Crippen molar-refractivity contribution in [2.75, 3.05) is 23.4 Å². The molecule has 1 atom stereocenters. The molecule has 0 saturated heterocycles. The highest BCUT2D eigenvalue weighted by Crippen LogP contribution is 2.35. The first-order chi connectivity index (χ1) is 19.9. The van der Waals surface area contributed by atoms with Crippen LogP contribution in [0.25, 0.3) is 0 Å². The molecule has 3 amide bonds. The van der Waals surface area contributed by atoms with Crippen molar-refractivity contribution in [3.05, 3.63) is 89.6 Å². The van der Waals surface area contributed by atoms with Crippen molar-refractivity contribution in [3.63, 3.8) is 0 Å². The number of fused-ring (bicyclic) bond motifs is 1. The van der Waals surface area contributed by atoms with Crippen LogP contribution < -0.4 is 15.1 Å². The second kappa shape index (κ2) is 12.8. The minimum absolute atomic E-state index is 0.0587. The van der Waals surface area contributed by atoms with E-state index in [9.17, 15) is 14.4 Å². The van der Waals surface area contributed by atoms with Crippen molar-refractivity contribution in [3.8, 4) is 0 Å². The van der Waals surface area contributed by atoms with Gasteiger partial charge in [-0.1, -0.05) is 73.9 Å². The maximum Gasteiger partial charge on any atom is 0.409 e. The molecule has 1 aromatic heterocycles. The maximum absolute atomic E-state index is 14.2. The quantitative estimate of drug-likeness (QED) is 0.442. The molecule has 3 aromatic rings. The number of carbonyl (C=O) groups excluding carboxylic acids is 3. The summed E-state index contributed by atoms with van der Waals surface area (Å²) >= 11 is 0. The van der Waals surface area contributed by atoms with Crippen LogP contribution in [0.15, 0.2) is 77.9 Å². The Balaban J connectivity index is 1.48. The molecule has 9 nitrogen and oxygen atoms in total. The molecule has 1 fully saturated rings. The number of anilines is 2. The molecule has 2 aliphatic rings. The number of rotatable bonds is 7. The zero-order chi connectivity index (χ0) is 28.8. The molecule has 2 aromatic carbocycles. The number of likely N-dealkylation sites (N-methyl/N-ethyl adjacent to an activating group) is 1. The first-order valence-corrected chi connectivity index (χ1v) is 14.1. The molecule has 5 rings (SSSR count). The second-order valence-electron chi connectivity index (χ2n) is 10.5. The SMILES string of the molecule is Cc1cccc2c1N(CC(=O)N(C)c1ccccn1)C(=O)C(NC(=O)OCc1ccccc1)N=C2C1CCCCC1. The van der Waals surface area contributed by atoms with Crippen molar-refractivity contribution in [2.45, 2.75) is 51.8 Å². The van der Waals surface area contributed by atoms with Gasteiger partial charge in [0.2, 0.25) is 12.1 Å². The number of aromatic nitrogens is 1. The molecule has 0 bridgehead atoms. The lowest BCUT2D eigenvalue weighted by molar-refractivity contribution is -0.123. The van der Waals surface area contributed by atoms with E-state index in [-0.39, 0.29) is 25.0 Å². The fourth-order valence-electron chi connectivity index (χ4n) is 5.50. The minimum atomic E-state index is -1.24. The molecule has 9 heteroatoms.